The first-order valence-electron chi connectivity index (χ1n) is 6.74. The molecule has 0 radical (unpaired) electrons. The van der Waals surface area contributed by atoms with Crippen molar-refractivity contribution in [2.75, 3.05) is 6.61 Å². The van der Waals surface area contributed by atoms with Crippen LogP contribution in [0.25, 0.3) is 0 Å². The molecule has 0 amide bonds. The summed E-state index contributed by atoms with van der Waals surface area (Å²) in [4.78, 5) is 32.9. The zero-order valence-electron chi connectivity index (χ0n) is 12.3. The Morgan fingerprint density at radius 1 is 1.36 bits per heavy atom. The Kier molecular flexibility index (Phi) is 6.46. The van der Waals surface area contributed by atoms with E-state index in [1.54, 1.807) is 6.92 Å². The fourth-order valence-electron chi connectivity index (χ4n) is 1.82. The smallest absolute Gasteiger partial charge is 0.323 e. The van der Waals surface area contributed by atoms with Crippen LogP contribution in [0.5, 0.6) is 0 Å². The van der Waals surface area contributed by atoms with Crippen LogP contribution in [-0.2, 0) is 20.7 Å². The molecular formula is C14H18N2O6. The molecule has 0 bridgehead atoms. The summed E-state index contributed by atoms with van der Waals surface area (Å²) in [7, 11) is 0. The number of carboxylic acids is 1. The molecule has 0 aliphatic heterocycles. The molecule has 0 aliphatic rings. The van der Waals surface area contributed by atoms with Crippen molar-refractivity contribution in [2.45, 2.75) is 32.4 Å². The molecule has 0 aromatic heterocycles. The summed E-state index contributed by atoms with van der Waals surface area (Å²) in [6.45, 7) is 3.25. The molecule has 1 unspecified atom stereocenters. The van der Waals surface area contributed by atoms with Gasteiger partial charge in [-0.15, -0.1) is 0 Å². The number of nitro benzene ring substituents is 1. The van der Waals surface area contributed by atoms with Crippen molar-refractivity contribution in [1.82, 2.24) is 5.32 Å². The normalized spacial score (nSPS) is 13.2. The maximum atomic E-state index is 11.9. The van der Waals surface area contributed by atoms with E-state index in [1.807, 2.05) is 0 Å². The second-order valence-electron chi connectivity index (χ2n) is 4.66. The third-order valence-electron chi connectivity index (χ3n) is 2.98. The second kappa shape index (κ2) is 8.08. The Morgan fingerprint density at radius 3 is 2.41 bits per heavy atom. The number of carbonyl (C=O) groups excluding carboxylic acids is 1. The van der Waals surface area contributed by atoms with E-state index in [-0.39, 0.29) is 18.7 Å². The molecule has 0 saturated heterocycles. The second-order valence-corrected chi connectivity index (χ2v) is 4.66. The van der Waals surface area contributed by atoms with Gasteiger partial charge in [-0.25, -0.2) is 0 Å². The van der Waals surface area contributed by atoms with Crippen LogP contribution in [0.15, 0.2) is 24.3 Å². The van der Waals surface area contributed by atoms with Crippen molar-refractivity contribution in [3.8, 4) is 0 Å². The van der Waals surface area contributed by atoms with Gasteiger partial charge in [0.05, 0.1) is 11.5 Å². The van der Waals surface area contributed by atoms with E-state index in [2.05, 4.69) is 5.32 Å². The van der Waals surface area contributed by atoms with Gasteiger partial charge in [0.25, 0.3) is 5.69 Å². The number of carboxylic acid groups (broad SMARTS) is 1. The molecule has 8 heteroatoms. The molecular weight excluding hydrogens is 292 g/mol. The number of hydrogen-bond donors (Lipinski definition) is 2. The van der Waals surface area contributed by atoms with Crippen LogP contribution in [0.1, 0.15) is 19.4 Å². The maximum absolute atomic E-state index is 11.9. The Balaban J connectivity index is 2.84. The Bertz CT molecular complexity index is 543. The van der Waals surface area contributed by atoms with Crippen LogP contribution in [0.2, 0.25) is 0 Å². The van der Waals surface area contributed by atoms with Crippen LogP contribution >= 0.6 is 0 Å². The first kappa shape index (κ1) is 17.6. The first-order valence-corrected chi connectivity index (χ1v) is 6.74. The molecule has 0 aliphatic carbocycles. The number of nitro groups is 1. The quantitative estimate of drug-likeness (QED) is 0.419. The van der Waals surface area contributed by atoms with Gasteiger partial charge < -0.3 is 9.84 Å². The molecule has 0 fully saturated rings. The van der Waals surface area contributed by atoms with Crippen molar-refractivity contribution in [3.05, 3.63) is 39.9 Å². The average Bonchev–Trinajstić information content (AvgIpc) is 2.47. The van der Waals surface area contributed by atoms with E-state index in [9.17, 15) is 19.7 Å². The number of non-ortho nitro benzene ring substituents is 1. The van der Waals surface area contributed by atoms with Gasteiger partial charge in [-0.2, -0.15) is 0 Å². The molecule has 1 aromatic carbocycles. The van der Waals surface area contributed by atoms with Crippen molar-refractivity contribution in [3.63, 3.8) is 0 Å². The van der Waals surface area contributed by atoms with Crippen LogP contribution in [0.4, 0.5) is 5.69 Å². The predicted octanol–water partition coefficient (Wildman–Crippen LogP) is 1.13. The summed E-state index contributed by atoms with van der Waals surface area (Å²) in [5.74, 6) is -1.65. The number of aliphatic carboxylic acids is 1. The van der Waals surface area contributed by atoms with Crippen LogP contribution in [-0.4, -0.2) is 40.7 Å². The highest BCUT2D eigenvalue weighted by molar-refractivity contribution is 5.78. The van der Waals surface area contributed by atoms with E-state index < -0.39 is 28.9 Å². The minimum Gasteiger partial charge on any atom is -0.480 e. The number of benzene rings is 1. The van der Waals surface area contributed by atoms with Gasteiger partial charge in [0.2, 0.25) is 0 Å². The minimum atomic E-state index is -1.09. The Morgan fingerprint density at radius 2 is 1.95 bits per heavy atom. The van der Waals surface area contributed by atoms with Gasteiger partial charge in [0.1, 0.15) is 12.1 Å². The van der Waals surface area contributed by atoms with Gasteiger partial charge in [-0.05, 0) is 25.8 Å². The van der Waals surface area contributed by atoms with Crippen molar-refractivity contribution in [1.29, 1.82) is 0 Å². The number of nitrogens with one attached hydrogen (secondary N) is 1. The third kappa shape index (κ3) is 5.13. The summed E-state index contributed by atoms with van der Waals surface area (Å²) >= 11 is 0. The van der Waals surface area contributed by atoms with E-state index in [0.29, 0.717) is 5.56 Å². The molecule has 8 nitrogen and oxygen atoms in total. The summed E-state index contributed by atoms with van der Waals surface area (Å²) < 4.78 is 4.92. The maximum Gasteiger partial charge on any atom is 0.323 e. The van der Waals surface area contributed by atoms with Gasteiger partial charge in [-0.1, -0.05) is 12.1 Å². The molecule has 2 atom stereocenters. The number of ether oxygens (including phenoxy) is 1. The lowest BCUT2D eigenvalue weighted by atomic mass is 10.0. The van der Waals surface area contributed by atoms with E-state index in [4.69, 9.17) is 9.84 Å². The molecule has 0 saturated carbocycles. The Hall–Kier alpha value is -2.48. The standard InChI is InChI=1S/C14H18N2O6/c1-3-22-14(19)12(15-9(2)13(17)18)8-10-4-6-11(7-5-10)16(20)21/h4-7,9,12,15H,3,8H2,1-2H3,(H,17,18)/t9-,12?/m0/s1. The molecule has 1 rings (SSSR count). The highest BCUT2D eigenvalue weighted by Crippen LogP contribution is 2.14. The van der Waals surface area contributed by atoms with Crippen LogP contribution in [0.3, 0.4) is 0 Å². The molecule has 0 spiro atoms. The minimum absolute atomic E-state index is 0.0525. The number of rotatable bonds is 8. The molecule has 0 heterocycles. The lowest BCUT2D eigenvalue weighted by molar-refractivity contribution is -0.384. The monoisotopic (exact) mass is 310 g/mol. The summed E-state index contributed by atoms with van der Waals surface area (Å²) in [5.41, 5.74) is 0.608. The van der Waals surface area contributed by atoms with Crippen LogP contribution in [0, 0.1) is 10.1 Å². The topological polar surface area (TPSA) is 119 Å². The highest BCUT2D eigenvalue weighted by atomic mass is 16.6. The average molecular weight is 310 g/mol. The first-order chi connectivity index (χ1) is 10.3. The van der Waals surface area contributed by atoms with Crippen molar-refractivity contribution >= 4 is 17.6 Å². The number of carbonyl (C=O) groups is 2. The molecule has 22 heavy (non-hydrogen) atoms. The summed E-state index contributed by atoms with van der Waals surface area (Å²) in [6, 6.07) is 3.95. The van der Waals surface area contributed by atoms with Crippen molar-refractivity contribution in [2.24, 2.45) is 0 Å². The lowest BCUT2D eigenvalue weighted by Crippen LogP contribution is -2.47. The van der Waals surface area contributed by atoms with Crippen molar-refractivity contribution < 1.29 is 24.4 Å². The SMILES string of the molecule is CCOC(=O)C(Cc1ccc([N+](=O)[O-])cc1)N[C@@H](C)C(=O)O. The van der Waals surface area contributed by atoms with Gasteiger partial charge >= 0.3 is 11.9 Å². The Labute approximate surface area is 127 Å². The van der Waals surface area contributed by atoms with Gasteiger partial charge in [-0.3, -0.25) is 25.0 Å². The van der Waals surface area contributed by atoms with E-state index >= 15 is 0 Å². The number of nitrogens with zero attached hydrogens (tertiary/aromatic N) is 1. The molecule has 120 valence electrons. The van der Waals surface area contributed by atoms with Gasteiger partial charge in [0.15, 0.2) is 0 Å². The molecule has 2 N–H and O–H groups in total. The lowest BCUT2D eigenvalue weighted by Gasteiger charge is -2.19. The van der Waals surface area contributed by atoms with E-state index in [0.717, 1.165) is 0 Å². The number of hydrogen-bond acceptors (Lipinski definition) is 6. The predicted molar refractivity (Wildman–Crippen MR) is 77.5 cm³/mol. The third-order valence-corrected chi connectivity index (χ3v) is 2.98. The fourth-order valence-corrected chi connectivity index (χ4v) is 1.82. The fraction of sp³-hybridized carbons (Fsp3) is 0.429. The van der Waals surface area contributed by atoms with E-state index in [1.165, 1.54) is 31.2 Å². The largest absolute Gasteiger partial charge is 0.480 e. The highest BCUT2D eigenvalue weighted by Gasteiger charge is 2.24. The summed E-state index contributed by atoms with van der Waals surface area (Å²) in [5, 5.41) is 22.2. The zero-order chi connectivity index (χ0) is 16.7. The van der Waals surface area contributed by atoms with Crippen LogP contribution < -0.4 is 5.32 Å². The van der Waals surface area contributed by atoms with Gasteiger partial charge in [0, 0.05) is 12.1 Å². The summed E-state index contributed by atoms with van der Waals surface area (Å²) in [6.07, 6.45) is 0.175. The molecule has 1 aromatic rings. The number of esters is 1. The zero-order valence-corrected chi connectivity index (χ0v) is 12.3.